The molecule has 0 aliphatic carbocycles. The first-order valence-corrected chi connectivity index (χ1v) is 5.49. The maximum absolute atomic E-state index is 12.8. The fourth-order valence-electron chi connectivity index (χ4n) is 1.05. The van der Waals surface area contributed by atoms with E-state index in [9.17, 15) is 23.1 Å². The van der Waals surface area contributed by atoms with Gasteiger partial charge in [-0.25, -0.2) is 0 Å². The molecule has 0 fully saturated rings. The lowest BCUT2D eigenvalue weighted by atomic mass is 10.1. The number of halogens is 3. The summed E-state index contributed by atoms with van der Waals surface area (Å²) in [5.41, 5.74) is -3.76. The molecule has 4 nitrogen and oxygen atoms in total. The second-order valence-corrected chi connectivity index (χ2v) is 4.47. The van der Waals surface area contributed by atoms with Gasteiger partial charge >= 0.3 is 6.18 Å². The first-order valence-electron chi connectivity index (χ1n) is 5.49. The number of carbonyl (C=O) groups is 1. The van der Waals surface area contributed by atoms with E-state index in [1.54, 1.807) is 0 Å². The number of hydrogen-bond donors (Lipinski definition) is 2. The second-order valence-electron chi connectivity index (χ2n) is 4.47. The van der Waals surface area contributed by atoms with Gasteiger partial charge in [-0.15, -0.1) is 0 Å². The van der Waals surface area contributed by atoms with Crippen molar-refractivity contribution in [2.45, 2.75) is 32.5 Å². The third-order valence-corrected chi connectivity index (χ3v) is 2.21. The highest BCUT2D eigenvalue weighted by Gasteiger charge is 2.34. The number of nitriles is 1. The number of allylic oxidation sites excluding steroid dienone is 4. The molecule has 0 aromatic rings. The van der Waals surface area contributed by atoms with Crippen LogP contribution in [0.5, 0.6) is 0 Å². The molecule has 1 amide bonds. The van der Waals surface area contributed by atoms with Crippen molar-refractivity contribution in [2.75, 3.05) is 0 Å². The average molecular weight is 288 g/mol. The molecule has 0 saturated heterocycles. The molecular formula is C13H15F3N2O2. The lowest BCUT2D eigenvalue weighted by Gasteiger charge is -2.18. The average Bonchev–Trinajstić information content (AvgIpc) is 2.30. The number of nitrogens with one attached hydrogen (secondary N) is 1. The number of aliphatic hydroxyl groups is 1. The van der Waals surface area contributed by atoms with Crippen LogP contribution in [0.3, 0.4) is 0 Å². The minimum Gasteiger partial charge on any atom is -0.381 e. The summed E-state index contributed by atoms with van der Waals surface area (Å²) in [6.07, 6.45) is -3.16. The number of hydrogen-bond acceptors (Lipinski definition) is 3. The van der Waals surface area contributed by atoms with Gasteiger partial charge in [0.15, 0.2) is 0 Å². The molecule has 110 valence electrons. The van der Waals surface area contributed by atoms with Crippen LogP contribution in [0.15, 0.2) is 35.6 Å². The third-order valence-electron chi connectivity index (χ3n) is 2.21. The summed E-state index contributed by atoms with van der Waals surface area (Å²) < 4.78 is 38.3. The van der Waals surface area contributed by atoms with E-state index in [2.05, 4.69) is 11.9 Å². The molecule has 0 bridgehead atoms. The van der Waals surface area contributed by atoms with Gasteiger partial charge in [-0.3, -0.25) is 4.79 Å². The molecule has 0 aromatic carbocycles. The third kappa shape index (κ3) is 5.28. The second kappa shape index (κ2) is 6.39. The Bertz CT molecular complexity index is 503. The summed E-state index contributed by atoms with van der Waals surface area (Å²) in [7, 11) is 0. The number of alkyl halides is 3. The zero-order chi connectivity index (χ0) is 16.1. The van der Waals surface area contributed by atoms with E-state index >= 15 is 0 Å². The molecule has 0 aromatic heterocycles. The Morgan fingerprint density at radius 3 is 2.20 bits per heavy atom. The highest BCUT2D eigenvalue weighted by atomic mass is 19.4. The van der Waals surface area contributed by atoms with Gasteiger partial charge in [0, 0.05) is 11.3 Å². The monoisotopic (exact) mass is 288 g/mol. The van der Waals surface area contributed by atoms with Crippen molar-refractivity contribution in [3.05, 3.63) is 35.6 Å². The standard InChI is InChI=1S/C13H15F3N2O2/c1-5-9(18-11(19)12(3,4)20)6-10(8(2)7-17)13(14,15)16/h5-6,20H,1H2,2-4H3,(H,18,19)/b9-6+,10-8-. The van der Waals surface area contributed by atoms with E-state index in [-0.39, 0.29) is 5.70 Å². The van der Waals surface area contributed by atoms with Crippen LogP contribution in [-0.4, -0.2) is 22.8 Å². The fourth-order valence-corrected chi connectivity index (χ4v) is 1.05. The molecule has 20 heavy (non-hydrogen) atoms. The number of amides is 1. The van der Waals surface area contributed by atoms with E-state index < -0.39 is 28.8 Å². The van der Waals surface area contributed by atoms with Gasteiger partial charge in [0.1, 0.15) is 5.60 Å². The van der Waals surface area contributed by atoms with E-state index in [4.69, 9.17) is 5.26 Å². The molecule has 0 spiro atoms. The Morgan fingerprint density at radius 1 is 1.40 bits per heavy atom. The van der Waals surface area contributed by atoms with Crippen LogP contribution < -0.4 is 5.32 Å². The normalized spacial score (nSPS) is 14.2. The molecule has 7 heteroatoms. The number of nitrogens with zero attached hydrogens (tertiary/aromatic N) is 1. The molecular weight excluding hydrogens is 273 g/mol. The van der Waals surface area contributed by atoms with Crippen molar-refractivity contribution in [1.82, 2.24) is 5.32 Å². The van der Waals surface area contributed by atoms with E-state index in [0.717, 1.165) is 13.0 Å². The summed E-state index contributed by atoms with van der Waals surface area (Å²) in [5.74, 6) is -0.889. The van der Waals surface area contributed by atoms with Crippen molar-refractivity contribution in [1.29, 1.82) is 5.26 Å². The van der Waals surface area contributed by atoms with Gasteiger partial charge in [0.05, 0.1) is 11.6 Å². The maximum atomic E-state index is 12.8. The van der Waals surface area contributed by atoms with Crippen LogP contribution in [-0.2, 0) is 4.79 Å². The van der Waals surface area contributed by atoms with Gasteiger partial charge in [0.25, 0.3) is 5.91 Å². The Balaban J connectivity index is 5.60. The number of rotatable bonds is 4. The van der Waals surface area contributed by atoms with Crippen LogP contribution in [0.2, 0.25) is 0 Å². The summed E-state index contributed by atoms with van der Waals surface area (Å²) in [6.45, 7) is 6.66. The quantitative estimate of drug-likeness (QED) is 0.616. The Labute approximate surface area is 114 Å². The zero-order valence-corrected chi connectivity index (χ0v) is 11.3. The summed E-state index contributed by atoms with van der Waals surface area (Å²) in [4.78, 5) is 11.5. The first-order chi connectivity index (χ1) is 8.93. The molecule has 0 aliphatic heterocycles. The Morgan fingerprint density at radius 2 is 1.90 bits per heavy atom. The maximum Gasteiger partial charge on any atom is 0.417 e. The summed E-state index contributed by atoms with van der Waals surface area (Å²) in [5, 5.41) is 20.1. The highest BCUT2D eigenvalue weighted by Crippen LogP contribution is 2.29. The van der Waals surface area contributed by atoms with Crippen LogP contribution in [0.1, 0.15) is 20.8 Å². The van der Waals surface area contributed by atoms with Crippen LogP contribution >= 0.6 is 0 Å². The smallest absolute Gasteiger partial charge is 0.381 e. The lowest BCUT2D eigenvalue weighted by molar-refractivity contribution is -0.135. The molecule has 0 unspecified atom stereocenters. The van der Waals surface area contributed by atoms with E-state index in [0.29, 0.717) is 6.08 Å². The van der Waals surface area contributed by atoms with Crippen molar-refractivity contribution >= 4 is 5.91 Å². The van der Waals surface area contributed by atoms with E-state index in [1.165, 1.54) is 19.9 Å². The van der Waals surface area contributed by atoms with Crippen molar-refractivity contribution in [3.8, 4) is 6.07 Å². The van der Waals surface area contributed by atoms with Gasteiger partial charge < -0.3 is 10.4 Å². The van der Waals surface area contributed by atoms with Gasteiger partial charge in [0.2, 0.25) is 0 Å². The fraction of sp³-hybridized carbons (Fsp3) is 0.385. The predicted molar refractivity (Wildman–Crippen MR) is 67.1 cm³/mol. The van der Waals surface area contributed by atoms with Crippen molar-refractivity contribution in [3.63, 3.8) is 0 Å². The van der Waals surface area contributed by atoms with Crippen LogP contribution in [0.4, 0.5) is 13.2 Å². The molecule has 0 heterocycles. The molecule has 2 N–H and O–H groups in total. The highest BCUT2D eigenvalue weighted by molar-refractivity contribution is 5.85. The molecule has 0 saturated carbocycles. The van der Waals surface area contributed by atoms with Crippen LogP contribution in [0.25, 0.3) is 0 Å². The summed E-state index contributed by atoms with van der Waals surface area (Å²) >= 11 is 0. The first kappa shape index (κ1) is 17.9. The lowest BCUT2D eigenvalue weighted by Crippen LogP contribution is -2.41. The van der Waals surface area contributed by atoms with Crippen LogP contribution in [0, 0.1) is 11.3 Å². The topological polar surface area (TPSA) is 73.1 Å². The summed E-state index contributed by atoms with van der Waals surface area (Å²) in [6, 6.07) is 1.40. The minimum atomic E-state index is -4.74. The Kier molecular flexibility index (Phi) is 5.73. The SMILES string of the molecule is C=C/C(=C\C(=C(/C)C#N)C(F)(F)F)NC(=O)C(C)(C)O. The zero-order valence-electron chi connectivity index (χ0n) is 11.3. The molecule has 0 radical (unpaired) electrons. The molecule has 0 atom stereocenters. The van der Waals surface area contributed by atoms with Crippen molar-refractivity contribution in [2.24, 2.45) is 0 Å². The van der Waals surface area contributed by atoms with Crippen molar-refractivity contribution < 1.29 is 23.1 Å². The predicted octanol–water partition coefficient (Wildman–Crippen LogP) is 2.35. The Hall–Kier alpha value is -2.07. The van der Waals surface area contributed by atoms with Gasteiger partial charge in [-0.2, -0.15) is 18.4 Å². The van der Waals surface area contributed by atoms with E-state index in [1.807, 2.05) is 0 Å². The molecule has 0 aliphatic rings. The largest absolute Gasteiger partial charge is 0.417 e. The van der Waals surface area contributed by atoms with Gasteiger partial charge in [-0.05, 0) is 32.9 Å². The minimum absolute atomic E-state index is 0.265. The number of carbonyl (C=O) groups excluding carboxylic acids is 1. The van der Waals surface area contributed by atoms with Gasteiger partial charge in [-0.1, -0.05) is 6.58 Å². The molecule has 0 rings (SSSR count).